The zero-order valence-corrected chi connectivity index (χ0v) is 7.81. The van der Waals surface area contributed by atoms with E-state index in [0.29, 0.717) is 0 Å². The molecule has 2 amide bonds. The van der Waals surface area contributed by atoms with Crippen LogP contribution in [-0.4, -0.2) is 12.2 Å². The van der Waals surface area contributed by atoms with Crippen molar-refractivity contribution in [1.29, 1.82) is 0 Å². The number of amides is 2. The van der Waals surface area contributed by atoms with E-state index in [1.807, 2.05) is 24.3 Å². The lowest BCUT2D eigenvalue weighted by Gasteiger charge is -1.90. The number of benzene rings is 1. The molecular weight excluding hydrogens is 194 g/mol. The van der Waals surface area contributed by atoms with Gasteiger partial charge in [-0.1, -0.05) is 18.2 Å². The maximum absolute atomic E-state index is 10.4. The number of nitrogens with zero attached hydrogens (tertiary/aromatic N) is 1. The summed E-state index contributed by atoms with van der Waals surface area (Å²) in [7, 11) is 0. The fourth-order valence-corrected chi connectivity index (χ4v) is 1.26. The molecular formula is C10H9N3O2. The van der Waals surface area contributed by atoms with Crippen LogP contribution in [0.2, 0.25) is 0 Å². The summed E-state index contributed by atoms with van der Waals surface area (Å²) in [5.74, 6) is 0. The van der Waals surface area contributed by atoms with Crippen LogP contribution < -0.4 is 11.2 Å². The van der Waals surface area contributed by atoms with E-state index in [9.17, 15) is 4.79 Å². The number of hydrogen-bond donors (Lipinski definition) is 2. The molecule has 0 spiro atoms. The molecule has 0 saturated heterocycles. The highest BCUT2D eigenvalue weighted by atomic mass is 16.3. The first kappa shape index (κ1) is 9.26. The normalized spacial score (nSPS) is 10.9. The zero-order chi connectivity index (χ0) is 10.7. The van der Waals surface area contributed by atoms with E-state index in [1.54, 1.807) is 6.26 Å². The molecule has 2 aromatic rings. The standard InChI is InChI=1S/C10H9N3O2/c11-10(14)13-12-5-7-6-15-9-4-2-1-3-8(7)9/h1-6H,(H3,11,13,14). The van der Waals surface area contributed by atoms with Crippen molar-refractivity contribution in [1.82, 2.24) is 5.43 Å². The van der Waals surface area contributed by atoms with Gasteiger partial charge in [-0.25, -0.2) is 10.2 Å². The lowest BCUT2D eigenvalue weighted by Crippen LogP contribution is -2.24. The minimum Gasteiger partial charge on any atom is -0.464 e. The van der Waals surface area contributed by atoms with Gasteiger partial charge < -0.3 is 10.2 Å². The Labute approximate surface area is 85.6 Å². The highest BCUT2D eigenvalue weighted by Crippen LogP contribution is 2.18. The minimum atomic E-state index is -0.695. The average Bonchev–Trinajstić information content (AvgIpc) is 2.62. The molecule has 0 atom stereocenters. The molecule has 76 valence electrons. The Morgan fingerprint density at radius 1 is 1.47 bits per heavy atom. The molecule has 0 aliphatic rings. The molecule has 0 fully saturated rings. The van der Waals surface area contributed by atoms with Crippen molar-refractivity contribution in [2.75, 3.05) is 0 Å². The van der Waals surface area contributed by atoms with Crippen LogP contribution in [0.15, 0.2) is 40.0 Å². The van der Waals surface area contributed by atoms with E-state index in [1.165, 1.54) is 6.21 Å². The molecule has 0 aliphatic carbocycles. The summed E-state index contributed by atoms with van der Waals surface area (Å²) in [6.45, 7) is 0. The maximum atomic E-state index is 10.4. The van der Waals surface area contributed by atoms with Crippen LogP contribution in [0.3, 0.4) is 0 Å². The summed E-state index contributed by atoms with van der Waals surface area (Å²) in [6.07, 6.45) is 3.05. The number of hydrazone groups is 1. The van der Waals surface area contributed by atoms with Gasteiger partial charge in [0.2, 0.25) is 0 Å². The number of hydrogen-bond acceptors (Lipinski definition) is 3. The molecule has 0 aliphatic heterocycles. The number of carbonyl (C=O) groups excluding carboxylic acids is 1. The third kappa shape index (κ3) is 1.96. The maximum Gasteiger partial charge on any atom is 0.332 e. The van der Waals surface area contributed by atoms with Crippen molar-refractivity contribution in [2.45, 2.75) is 0 Å². The van der Waals surface area contributed by atoms with Gasteiger partial charge in [0.25, 0.3) is 0 Å². The Morgan fingerprint density at radius 3 is 3.07 bits per heavy atom. The monoisotopic (exact) mass is 203 g/mol. The van der Waals surface area contributed by atoms with Gasteiger partial charge in [-0.05, 0) is 6.07 Å². The quantitative estimate of drug-likeness (QED) is 0.572. The number of para-hydroxylation sites is 1. The molecule has 0 unspecified atom stereocenters. The summed E-state index contributed by atoms with van der Waals surface area (Å²) in [5, 5.41) is 4.59. The molecule has 3 N–H and O–H groups in total. The Bertz CT molecular complexity index is 516. The predicted molar refractivity (Wildman–Crippen MR) is 56.5 cm³/mol. The van der Waals surface area contributed by atoms with E-state index in [0.717, 1.165) is 16.5 Å². The number of furan rings is 1. The molecule has 5 nitrogen and oxygen atoms in total. The van der Waals surface area contributed by atoms with Crippen LogP contribution in [0, 0.1) is 0 Å². The number of nitrogens with two attached hydrogens (primary N) is 1. The third-order valence-corrected chi connectivity index (χ3v) is 1.89. The Balaban J connectivity index is 2.28. The van der Waals surface area contributed by atoms with E-state index < -0.39 is 6.03 Å². The Morgan fingerprint density at radius 2 is 2.27 bits per heavy atom. The number of primary amides is 1. The van der Waals surface area contributed by atoms with Crippen LogP contribution >= 0.6 is 0 Å². The predicted octanol–water partition coefficient (Wildman–Crippen LogP) is 1.43. The van der Waals surface area contributed by atoms with Crippen molar-refractivity contribution in [3.05, 3.63) is 36.1 Å². The van der Waals surface area contributed by atoms with Crippen LogP contribution in [0.1, 0.15) is 5.56 Å². The smallest absolute Gasteiger partial charge is 0.332 e. The third-order valence-electron chi connectivity index (χ3n) is 1.89. The van der Waals surface area contributed by atoms with Gasteiger partial charge in [0, 0.05) is 10.9 Å². The first-order valence-corrected chi connectivity index (χ1v) is 4.32. The van der Waals surface area contributed by atoms with Gasteiger partial charge in [0.1, 0.15) is 11.8 Å². The summed E-state index contributed by atoms with van der Waals surface area (Å²) in [5.41, 5.74) is 8.54. The van der Waals surface area contributed by atoms with Gasteiger partial charge in [0.15, 0.2) is 0 Å². The second-order valence-corrected chi connectivity index (χ2v) is 2.92. The highest BCUT2D eigenvalue weighted by molar-refractivity contribution is 5.97. The molecule has 5 heteroatoms. The van der Waals surface area contributed by atoms with Crippen LogP contribution in [0.4, 0.5) is 4.79 Å². The number of fused-ring (bicyclic) bond motifs is 1. The van der Waals surface area contributed by atoms with Crippen molar-refractivity contribution in [3.63, 3.8) is 0 Å². The number of urea groups is 1. The Kier molecular flexibility index (Phi) is 2.37. The van der Waals surface area contributed by atoms with Crippen molar-refractivity contribution in [2.24, 2.45) is 10.8 Å². The van der Waals surface area contributed by atoms with Crippen molar-refractivity contribution >= 4 is 23.2 Å². The summed E-state index contributed by atoms with van der Waals surface area (Å²) in [6, 6.07) is 6.85. The number of carbonyl (C=O) groups is 1. The van der Waals surface area contributed by atoms with Crippen LogP contribution in [0.25, 0.3) is 11.0 Å². The lowest BCUT2D eigenvalue weighted by molar-refractivity contribution is 0.249. The van der Waals surface area contributed by atoms with Gasteiger partial charge in [0.05, 0.1) is 6.21 Å². The fourth-order valence-electron chi connectivity index (χ4n) is 1.26. The van der Waals surface area contributed by atoms with Gasteiger partial charge in [-0.3, -0.25) is 0 Å². The zero-order valence-electron chi connectivity index (χ0n) is 7.81. The molecule has 15 heavy (non-hydrogen) atoms. The van der Waals surface area contributed by atoms with Gasteiger partial charge in [-0.15, -0.1) is 0 Å². The van der Waals surface area contributed by atoms with E-state index >= 15 is 0 Å². The van der Waals surface area contributed by atoms with Crippen molar-refractivity contribution in [3.8, 4) is 0 Å². The second kappa shape index (κ2) is 3.83. The number of rotatable bonds is 2. The first-order valence-electron chi connectivity index (χ1n) is 4.32. The van der Waals surface area contributed by atoms with Crippen molar-refractivity contribution < 1.29 is 9.21 Å². The van der Waals surface area contributed by atoms with Crippen LogP contribution in [-0.2, 0) is 0 Å². The largest absolute Gasteiger partial charge is 0.464 e. The number of nitrogens with one attached hydrogen (secondary N) is 1. The molecule has 0 radical (unpaired) electrons. The molecule has 1 heterocycles. The topological polar surface area (TPSA) is 80.6 Å². The molecule has 1 aromatic heterocycles. The lowest BCUT2D eigenvalue weighted by atomic mass is 10.2. The van der Waals surface area contributed by atoms with E-state index in [2.05, 4.69) is 10.5 Å². The SMILES string of the molecule is NC(=O)NN=Cc1coc2ccccc12. The van der Waals surface area contributed by atoms with Gasteiger partial charge in [-0.2, -0.15) is 5.10 Å². The first-order chi connectivity index (χ1) is 7.27. The van der Waals surface area contributed by atoms with E-state index in [-0.39, 0.29) is 0 Å². The summed E-state index contributed by atoms with van der Waals surface area (Å²) >= 11 is 0. The minimum absolute atomic E-state index is 0.695. The average molecular weight is 203 g/mol. The Hall–Kier alpha value is -2.30. The molecule has 0 saturated carbocycles. The van der Waals surface area contributed by atoms with E-state index in [4.69, 9.17) is 10.2 Å². The summed E-state index contributed by atoms with van der Waals surface area (Å²) < 4.78 is 5.27. The summed E-state index contributed by atoms with van der Waals surface area (Å²) in [4.78, 5) is 10.4. The molecule has 2 rings (SSSR count). The second-order valence-electron chi connectivity index (χ2n) is 2.92. The van der Waals surface area contributed by atoms with Gasteiger partial charge >= 0.3 is 6.03 Å². The highest BCUT2D eigenvalue weighted by Gasteiger charge is 2.01. The fraction of sp³-hybridized carbons (Fsp3) is 0. The molecule has 0 bridgehead atoms. The van der Waals surface area contributed by atoms with Crippen LogP contribution in [0.5, 0.6) is 0 Å². The molecule has 1 aromatic carbocycles.